The lowest BCUT2D eigenvalue weighted by Gasteiger charge is -2.17. The Morgan fingerprint density at radius 2 is 2.18 bits per heavy atom. The van der Waals surface area contributed by atoms with Crippen LogP contribution in [0.25, 0.3) is 0 Å². The van der Waals surface area contributed by atoms with Crippen molar-refractivity contribution in [3.63, 3.8) is 0 Å². The van der Waals surface area contributed by atoms with Crippen LogP contribution in [0.1, 0.15) is 50.8 Å². The van der Waals surface area contributed by atoms with Gasteiger partial charge in [-0.15, -0.1) is 0 Å². The molecular formula is C12H19N3O2. The minimum Gasteiger partial charge on any atom is -0.481 e. The van der Waals surface area contributed by atoms with Gasteiger partial charge in [-0.05, 0) is 12.8 Å². The van der Waals surface area contributed by atoms with Gasteiger partial charge in [-0.2, -0.15) is 5.10 Å². The van der Waals surface area contributed by atoms with E-state index in [2.05, 4.69) is 10.1 Å². The first-order chi connectivity index (χ1) is 8.17. The predicted octanol–water partition coefficient (Wildman–Crippen LogP) is 1.83. The lowest BCUT2D eigenvalue weighted by atomic mass is 10.0. The molecular weight excluding hydrogens is 218 g/mol. The van der Waals surface area contributed by atoms with Crippen molar-refractivity contribution in [1.29, 1.82) is 0 Å². The summed E-state index contributed by atoms with van der Waals surface area (Å²) in [7, 11) is 0. The quantitative estimate of drug-likeness (QED) is 0.867. The van der Waals surface area contributed by atoms with Gasteiger partial charge in [0.15, 0.2) is 5.82 Å². The Labute approximate surface area is 101 Å². The molecule has 1 aliphatic carbocycles. The van der Waals surface area contributed by atoms with Crippen molar-refractivity contribution in [3.8, 4) is 0 Å². The largest absolute Gasteiger partial charge is 0.481 e. The van der Waals surface area contributed by atoms with Crippen LogP contribution < -0.4 is 0 Å². The van der Waals surface area contributed by atoms with Crippen molar-refractivity contribution in [2.24, 2.45) is 5.92 Å². The summed E-state index contributed by atoms with van der Waals surface area (Å²) in [6.07, 6.45) is 4.22. The third-order valence-electron chi connectivity index (χ3n) is 3.49. The minimum atomic E-state index is -0.705. The predicted molar refractivity (Wildman–Crippen MR) is 62.8 cm³/mol. The Balaban J connectivity index is 2.31. The molecule has 17 heavy (non-hydrogen) atoms. The van der Waals surface area contributed by atoms with Gasteiger partial charge in [-0.25, -0.2) is 9.67 Å². The van der Waals surface area contributed by atoms with E-state index in [0.29, 0.717) is 0 Å². The molecule has 1 saturated carbocycles. The second kappa shape index (κ2) is 4.85. The summed E-state index contributed by atoms with van der Waals surface area (Å²) < 4.78 is 1.87. The van der Waals surface area contributed by atoms with Crippen LogP contribution in [0.3, 0.4) is 0 Å². The van der Waals surface area contributed by atoms with Crippen molar-refractivity contribution < 1.29 is 9.90 Å². The summed E-state index contributed by atoms with van der Waals surface area (Å²) in [6, 6.07) is -0.00440. The molecule has 5 heteroatoms. The van der Waals surface area contributed by atoms with Gasteiger partial charge < -0.3 is 5.11 Å². The van der Waals surface area contributed by atoms with Crippen LogP contribution in [-0.2, 0) is 17.6 Å². The van der Waals surface area contributed by atoms with Crippen LogP contribution in [-0.4, -0.2) is 25.8 Å². The number of carboxylic acid groups (broad SMARTS) is 1. The van der Waals surface area contributed by atoms with Crippen molar-refractivity contribution in [2.45, 2.75) is 52.0 Å². The number of aryl methyl sites for hydroxylation is 2. The third kappa shape index (κ3) is 2.18. The Morgan fingerprint density at radius 1 is 1.41 bits per heavy atom. The summed E-state index contributed by atoms with van der Waals surface area (Å²) >= 11 is 0. The molecule has 0 saturated heterocycles. The SMILES string of the molecule is CCc1nc(CC)n(C2CCCC2C(=O)O)n1. The maximum Gasteiger partial charge on any atom is 0.308 e. The summed E-state index contributed by atoms with van der Waals surface area (Å²) in [5.41, 5.74) is 0. The Bertz CT molecular complexity index is 414. The number of rotatable bonds is 4. The van der Waals surface area contributed by atoms with Gasteiger partial charge in [0.25, 0.3) is 0 Å². The molecule has 1 fully saturated rings. The van der Waals surface area contributed by atoms with E-state index < -0.39 is 5.97 Å². The highest BCUT2D eigenvalue weighted by Gasteiger charge is 2.36. The third-order valence-corrected chi connectivity index (χ3v) is 3.49. The topological polar surface area (TPSA) is 68.0 Å². The van der Waals surface area contributed by atoms with E-state index >= 15 is 0 Å². The first-order valence-electron chi connectivity index (χ1n) is 6.34. The maximum atomic E-state index is 11.2. The Hall–Kier alpha value is -1.39. The van der Waals surface area contributed by atoms with Crippen LogP contribution in [0.2, 0.25) is 0 Å². The first-order valence-corrected chi connectivity index (χ1v) is 6.34. The van der Waals surface area contributed by atoms with E-state index in [0.717, 1.165) is 43.8 Å². The normalized spacial score (nSPS) is 24.1. The second-order valence-corrected chi connectivity index (χ2v) is 4.54. The van der Waals surface area contributed by atoms with Crippen LogP contribution >= 0.6 is 0 Å². The van der Waals surface area contributed by atoms with Gasteiger partial charge in [0.05, 0.1) is 12.0 Å². The maximum absolute atomic E-state index is 11.2. The molecule has 2 rings (SSSR count). The number of carboxylic acids is 1. The lowest BCUT2D eigenvalue weighted by Crippen LogP contribution is -2.24. The van der Waals surface area contributed by atoms with Gasteiger partial charge in [-0.1, -0.05) is 20.3 Å². The summed E-state index contributed by atoms with van der Waals surface area (Å²) in [5.74, 6) is 0.729. The van der Waals surface area contributed by atoms with E-state index in [9.17, 15) is 9.90 Å². The molecule has 0 spiro atoms. The zero-order valence-corrected chi connectivity index (χ0v) is 10.4. The first kappa shape index (κ1) is 12.1. The van der Waals surface area contributed by atoms with Gasteiger partial charge in [-0.3, -0.25) is 4.79 Å². The Kier molecular flexibility index (Phi) is 3.45. The minimum absolute atomic E-state index is 0.00440. The highest BCUT2D eigenvalue weighted by molar-refractivity contribution is 5.71. The van der Waals surface area contributed by atoms with E-state index in [4.69, 9.17) is 0 Å². The van der Waals surface area contributed by atoms with E-state index in [1.54, 1.807) is 0 Å². The average Bonchev–Trinajstić information content (AvgIpc) is 2.94. The number of aliphatic carboxylic acids is 1. The molecule has 0 bridgehead atoms. The number of aromatic nitrogens is 3. The highest BCUT2D eigenvalue weighted by Crippen LogP contribution is 2.36. The van der Waals surface area contributed by atoms with E-state index in [1.807, 2.05) is 18.5 Å². The molecule has 1 N–H and O–H groups in total. The molecule has 1 aliphatic rings. The molecule has 1 aromatic heterocycles. The van der Waals surface area contributed by atoms with Gasteiger partial charge in [0.1, 0.15) is 5.82 Å². The molecule has 0 amide bonds. The Morgan fingerprint density at radius 3 is 2.76 bits per heavy atom. The summed E-state index contributed by atoms with van der Waals surface area (Å²) in [5, 5.41) is 13.7. The molecule has 94 valence electrons. The fourth-order valence-electron chi connectivity index (χ4n) is 2.58. The zero-order chi connectivity index (χ0) is 12.4. The van der Waals surface area contributed by atoms with Crippen LogP contribution in [0.15, 0.2) is 0 Å². The number of hydrogen-bond donors (Lipinski definition) is 1. The molecule has 2 atom stereocenters. The lowest BCUT2D eigenvalue weighted by molar-refractivity contribution is -0.142. The fourth-order valence-corrected chi connectivity index (χ4v) is 2.58. The van der Waals surface area contributed by atoms with Crippen LogP contribution in [0, 0.1) is 5.92 Å². The van der Waals surface area contributed by atoms with Crippen molar-refractivity contribution in [1.82, 2.24) is 14.8 Å². The monoisotopic (exact) mass is 237 g/mol. The molecule has 1 aromatic rings. The number of carbonyl (C=O) groups is 1. The summed E-state index contributed by atoms with van der Waals surface area (Å²) in [4.78, 5) is 15.6. The van der Waals surface area contributed by atoms with Crippen molar-refractivity contribution >= 4 is 5.97 Å². The smallest absolute Gasteiger partial charge is 0.308 e. The molecule has 1 heterocycles. The fraction of sp³-hybridized carbons (Fsp3) is 0.750. The molecule has 2 unspecified atom stereocenters. The summed E-state index contributed by atoms with van der Waals surface area (Å²) in [6.45, 7) is 4.05. The van der Waals surface area contributed by atoms with Crippen LogP contribution in [0.4, 0.5) is 0 Å². The standard InChI is InChI=1S/C12H19N3O2/c1-3-10-13-11(4-2)15(14-10)9-7-5-6-8(9)12(16)17/h8-9H,3-7H2,1-2H3,(H,16,17). The van der Waals surface area contributed by atoms with E-state index in [1.165, 1.54) is 0 Å². The van der Waals surface area contributed by atoms with Crippen molar-refractivity contribution in [2.75, 3.05) is 0 Å². The number of hydrogen-bond acceptors (Lipinski definition) is 3. The second-order valence-electron chi connectivity index (χ2n) is 4.54. The highest BCUT2D eigenvalue weighted by atomic mass is 16.4. The molecule has 0 aliphatic heterocycles. The molecule has 5 nitrogen and oxygen atoms in total. The van der Waals surface area contributed by atoms with Gasteiger partial charge in [0, 0.05) is 12.8 Å². The van der Waals surface area contributed by atoms with Gasteiger partial charge in [0.2, 0.25) is 0 Å². The van der Waals surface area contributed by atoms with Crippen LogP contribution in [0.5, 0.6) is 0 Å². The number of nitrogens with zero attached hydrogens (tertiary/aromatic N) is 3. The van der Waals surface area contributed by atoms with Crippen molar-refractivity contribution in [3.05, 3.63) is 11.6 Å². The average molecular weight is 237 g/mol. The zero-order valence-electron chi connectivity index (χ0n) is 10.4. The van der Waals surface area contributed by atoms with Gasteiger partial charge >= 0.3 is 5.97 Å². The van der Waals surface area contributed by atoms with E-state index in [-0.39, 0.29) is 12.0 Å². The molecule has 0 aromatic carbocycles. The molecule has 0 radical (unpaired) electrons.